The third kappa shape index (κ3) is 3.30. The van der Waals surface area contributed by atoms with Crippen LogP contribution in [0.25, 0.3) is 0 Å². The van der Waals surface area contributed by atoms with E-state index in [9.17, 15) is 14.4 Å². The fourth-order valence-corrected chi connectivity index (χ4v) is 2.23. The van der Waals surface area contributed by atoms with Crippen molar-refractivity contribution in [1.29, 1.82) is 0 Å². The highest BCUT2D eigenvalue weighted by Gasteiger charge is 2.69. The highest BCUT2D eigenvalue weighted by atomic mass is 35.5. The number of alkyl halides is 2. The van der Waals surface area contributed by atoms with E-state index in [4.69, 9.17) is 32.4 Å². The van der Waals surface area contributed by atoms with Crippen LogP contribution in [0.2, 0.25) is 0 Å². The normalized spacial score (nSPS) is 22.2. The van der Waals surface area contributed by atoms with Crippen LogP contribution in [0.1, 0.15) is 23.9 Å². The smallest absolute Gasteiger partial charge is 0.315 e. The van der Waals surface area contributed by atoms with Crippen molar-refractivity contribution in [3.63, 3.8) is 0 Å². The number of hydrazine groups is 1. The zero-order chi connectivity index (χ0) is 15.7. The first-order valence-corrected chi connectivity index (χ1v) is 6.69. The Labute approximate surface area is 129 Å². The minimum Gasteiger partial charge on any atom is -0.459 e. The fraction of sp³-hybridized carbons (Fsp3) is 0.417. The van der Waals surface area contributed by atoms with Crippen molar-refractivity contribution in [2.45, 2.75) is 17.7 Å². The predicted octanol–water partition coefficient (Wildman–Crippen LogP) is 1.17. The second kappa shape index (κ2) is 5.57. The molecule has 1 saturated carbocycles. The van der Waals surface area contributed by atoms with E-state index < -0.39 is 34.1 Å². The first kappa shape index (κ1) is 15.7. The zero-order valence-corrected chi connectivity index (χ0v) is 12.5. The summed E-state index contributed by atoms with van der Waals surface area (Å²) in [5.74, 6) is -1.97. The number of furan rings is 1. The summed E-state index contributed by atoms with van der Waals surface area (Å²) in [6.45, 7) is 0.989. The van der Waals surface area contributed by atoms with Crippen LogP contribution in [0.5, 0.6) is 0 Å². The number of carbonyl (C=O) groups is 3. The van der Waals surface area contributed by atoms with Gasteiger partial charge in [-0.1, -0.05) is 0 Å². The Morgan fingerprint density at radius 1 is 1.38 bits per heavy atom. The number of carbonyl (C=O) groups excluding carboxylic acids is 3. The van der Waals surface area contributed by atoms with Crippen molar-refractivity contribution < 1.29 is 23.5 Å². The molecule has 2 amide bonds. The van der Waals surface area contributed by atoms with Gasteiger partial charge in [-0.25, -0.2) is 0 Å². The van der Waals surface area contributed by atoms with E-state index in [1.165, 1.54) is 18.4 Å². The molecule has 114 valence electrons. The lowest BCUT2D eigenvalue weighted by Gasteiger charge is -2.11. The molecule has 2 N–H and O–H groups in total. The molecule has 1 fully saturated rings. The van der Waals surface area contributed by atoms with E-state index in [2.05, 4.69) is 10.9 Å². The van der Waals surface area contributed by atoms with Crippen LogP contribution >= 0.6 is 23.2 Å². The Hall–Kier alpha value is -1.73. The number of nitrogens with one attached hydrogen (secondary N) is 2. The lowest BCUT2D eigenvalue weighted by atomic mass is 10.1. The molecule has 0 spiro atoms. The quantitative estimate of drug-likeness (QED) is 0.489. The molecular formula is C12H12Cl2N2O5. The standard InChI is InChI=1S/C12H12Cl2N2O5/c1-11(6-12(11,13)14)10(19)21-5-8(17)15-16-9(18)7-3-2-4-20-7/h2-4H,5-6H2,1H3,(H,15,17)(H,16,18)/t11-/m1/s1. The summed E-state index contributed by atoms with van der Waals surface area (Å²) < 4.78 is 8.46. The van der Waals surface area contributed by atoms with Gasteiger partial charge in [0.05, 0.1) is 6.26 Å². The molecule has 1 heterocycles. The molecular weight excluding hydrogens is 323 g/mol. The number of rotatable bonds is 4. The molecule has 0 aromatic carbocycles. The number of esters is 1. The van der Waals surface area contributed by atoms with Gasteiger partial charge < -0.3 is 9.15 Å². The second-order valence-corrected chi connectivity index (χ2v) is 6.25. The summed E-state index contributed by atoms with van der Waals surface area (Å²) in [6, 6.07) is 2.95. The zero-order valence-electron chi connectivity index (χ0n) is 10.9. The Balaban J connectivity index is 1.71. The van der Waals surface area contributed by atoms with Gasteiger partial charge in [0, 0.05) is 6.42 Å². The van der Waals surface area contributed by atoms with E-state index >= 15 is 0 Å². The summed E-state index contributed by atoms with van der Waals surface area (Å²) in [4.78, 5) is 34.6. The molecule has 0 saturated heterocycles. The van der Waals surface area contributed by atoms with Gasteiger partial charge in [0.25, 0.3) is 5.91 Å². The largest absolute Gasteiger partial charge is 0.459 e. The summed E-state index contributed by atoms with van der Waals surface area (Å²) in [6.07, 6.45) is 1.58. The van der Waals surface area contributed by atoms with Gasteiger partial charge in [0.1, 0.15) is 9.75 Å². The van der Waals surface area contributed by atoms with Crippen LogP contribution in [-0.2, 0) is 14.3 Å². The monoisotopic (exact) mass is 334 g/mol. The van der Waals surface area contributed by atoms with Crippen LogP contribution in [0.4, 0.5) is 0 Å². The minimum atomic E-state index is -1.16. The van der Waals surface area contributed by atoms with Crippen molar-refractivity contribution in [1.82, 2.24) is 10.9 Å². The average Bonchev–Trinajstić information content (AvgIpc) is 2.86. The highest BCUT2D eigenvalue weighted by Crippen LogP contribution is 2.64. The van der Waals surface area contributed by atoms with Crippen LogP contribution in [0, 0.1) is 5.41 Å². The van der Waals surface area contributed by atoms with Crippen molar-refractivity contribution >= 4 is 41.0 Å². The molecule has 1 aliphatic rings. The molecule has 0 aliphatic heterocycles. The number of hydrogen-bond donors (Lipinski definition) is 2. The minimum absolute atomic E-state index is 0.0341. The van der Waals surface area contributed by atoms with Gasteiger partial charge in [0.2, 0.25) is 0 Å². The van der Waals surface area contributed by atoms with E-state index in [1.54, 1.807) is 6.92 Å². The summed E-state index contributed by atoms with van der Waals surface area (Å²) in [5, 5.41) is 0. The SMILES string of the molecule is C[C@]1(C(=O)OCC(=O)NNC(=O)c2ccco2)CC1(Cl)Cl. The predicted molar refractivity (Wildman–Crippen MR) is 72.4 cm³/mol. The van der Waals surface area contributed by atoms with Gasteiger partial charge >= 0.3 is 11.9 Å². The highest BCUT2D eigenvalue weighted by molar-refractivity contribution is 6.53. The van der Waals surface area contributed by atoms with Gasteiger partial charge in [-0.05, 0) is 19.1 Å². The van der Waals surface area contributed by atoms with Gasteiger partial charge in [-0.15, -0.1) is 23.2 Å². The Kier molecular flexibility index (Phi) is 4.15. The molecule has 1 atom stereocenters. The van der Waals surface area contributed by atoms with Crippen molar-refractivity contribution in [3.05, 3.63) is 24.2 Å². The van der Waals surface area contributed by atoms with Crippen LogP contribution in [0.15, 0.2) is 22.8 Å². The van der Waals surface area contributed by atoms with Gasteiger partial charge in [-0.2, -0.15) is 0 Å². The van der Waals surface area contributed by atoms with Crippen LogP contribution < -0.4 is 10.9 Å². The summed E-state index contributed by atoms with van der Waals surface area (Å²) >= 11 is 11.6. The maximum atomic E-state index is 11.7. The van der Waals surface area contributed by atoms with Crippen molar-refractivity contribution in [2.24, 2.45) is 5.41 Å². The topological polar surface area (TPSA) is 97.6 Å². The Morgan fingerprint density at radius 3 is 2.57 bits per heavy atom. The molecule has 0 bridgehead atoms. The van der Waals surface area contributed by atoms with E-state index in [1.807, 2.05) is 0 Å². The van der Waals surface area contributed by atoms with E-state index in [0.717, 1.165) is 0 Å². The Morgan fingerprint density at radius 2 is 2.05 bits per heavy atom. The lowest BCUT2D eigenvalue weighted by molar-refractivity contribution is -0.153. The third-order valence-electron chi connectivity index (χ3n) is 3.10. The number of amides is 2. The van der Waals surface area contributed by atoms with E-state index in [0.29, 0.717) is 0 Å². The molecule has 2 rings (SSSR count). The van der Waals surface area contributed by atoms with Gasteiger partial charge in [-0.3, -0.25) is 25.2 Å². The fourth-order valence-electron chi connectivity index (χ4n) is 1.54. The third-order valence-corrected chi connectivity index (χ3v) is 4.20. The van der Waals surface area contributed by atoms with E-state index in [-0.39, 0.29) is 12.2 Å². The second-order valence-electron chi connectivity index (χ2n) is 4.77. The summed E-state index contributed by atoms with van der Waals surface area (Å²) in [7, 11) is 0. The molecule has 0 unspecified atom stereocenters. The molecule has 9 heteroatoms. The maximum Gasteiger partial charge on any atom is 0.315 e. The molecule has 1 aromatic heterocycles. The first-order valence-electron chi connectivity index (χ1n) is 5.94. The number of hydrogen-bond acceptors (Lipinski definition) is 5. The number of halogens is 2. The van der Waals surface area contributed by atoms with Gasteiger partial charge in [0.15, 0.2) is 12.4 Å². The Bertz CT molecular complexity index is 572. The molecule has 0 radical (unpaired) electrons. The van der Waals surface area contributed by atoms with Crippen LogP contribution in [-0.4, -0.2) is 28.7 Å². The number of ether oxygens (including phenoxy) is 1. The van der Waals surface area contributed by atoms with Crippen molar-refractivity contribution in [3.8, 4) is 0 Å². The molecule has 1 aliphatic carbocycles. The lowest BCUT2D eigenvalue weighted by Crippen LogP contribution is -2.43. The molecule has 21 heavy (non-hydrogen) atoms. The van der Waals surface area contributed by atoms with Crippen LogP contribution in [0.3, 0.4) is 0 Å². The average molecular weight is 335 g/mol. The van der Waals surface area contributed by atoms with Crippen molar-refractivity contribution in [2.75, 3.05) is 6.61 Å². The maximum absolute atomic E-state index is 11.7. The summed E-state index contributed by atoms with van der Waals surface area (Å²) in [5.41, 5.74) is 3.17. The molecule has 1 aromatic rings. The first-order chi connectivity index (χ1) is 9.76. The molecule has 7 nitrogen and oxygen atoms in total.